The van der Waals surface area contributed by atoms with Gasteiger partial charge in [-0.15, -0.1) is 0 Å². The van der Waals surface area contributed by atoms with Crippen LogP contribution in [0.3, 0.4) is 0 Å². The third-order valence-corrected chi connectivity index (χ3v) is 5.53. The van der Waals surface area contributed by atoms with Gasteiger partial charge in [-0.25, -0.2) is 8.42 Å². The first-order chi connectivity index (χ1) is 12.3. The number of methoxy groups -OCH3 is 1. The minimum Gasteiger partial charge on any atom is -0.491 e. The minimum absolute atomic E-state index is 0.0561. The summed E-state index contributed by atoms with van der Waals surface area (Å²) in [5, 5.41) is 9.65. The van der Waals surface area contributed by atoms with E-state index in [1.807, 2.05) is 6.92 Å². The van der Waals surface area contributed by atoms with E-state index in [0.29, 0.717) is 23.7 Å². The number of hydrogen-bond acceptors (Lipinski definition) is 5. The van der Waals surface area contributed by atoms with E-state index in [-0.39, 0.29) is 14.8 Å². The van der Waals surface area contributed by atoms with Gasteiger partial charge >= 0.3 is 0 Å². The van der Waals surface area contributed by atoms with Crippen LogP contribution >= 0.6 is 11.6 Å². The van der Waals surface area contributed by atoms with Crippen molar-refractivity contribution in [2.24, 2.45) is 0 Å². The minimum atomic E-state index is -3.93. The van der Waals surface area contributed by atoms with Gasteiger partial charge in [0.15, 0.2) is 11.5 Å². The van der Waals surface area contributed by atoms with Crippen LogP contribution in [0.1, 0.15) is 18.1 Å². The van der Waals surface area contributed by atoms with Gasteiger partial charge in [0, 0.05) is 0 Å². The van der Waals surface area contributed by atoms with Gasteiger partial charge in [-0.05, 0) is 49.8 Å². The van der Waals surface area contributed by atoms with E-state index in [9.17, 15) is 13.7 Å². The van der Waals surface area contributed by atoms with Crippen molar-refractivity contribution in [1.82, 2.24) is 0 Å². The first-order valence-corrected chi connectivity index (χ1v) is 9.63. The molecule has 0 saturated carbocycles. The Morgan fingerprint density at radius 2 is 1.92 bits per heavy atom. The number of sulfone groups is 1. The number of ether oxygens (including phenoxy) is 2. The molecule has 0 spiro atoms. The number of nitriles is 1. The Labute approximate surface area is 158 Å². The molecule has 26 heavy (non-hydrogen) atoms. The van der Waals surface area contributed by atoms with E-state index in [2.05, 4.69) is 0 Å². The van der Waals surface area contributed by atoms with Crippen LogP contribution in [0.5, 0.6) is 11.5 Å². The quantitative estimate of drug-likeness (QED) is 0.682. The van der Waals surface area contributed by atoms with Gasteiger partial charge in [0.25, 0.3) is 0 Å². The predicted octanol–water partition coefficient (Wildman–Crippen LogP) is 4.39. The molecule has 0 aliphatic carbocycles. The highest BCUT2D eigenvalue weighted by molar-refractivity contribution is 7.95. The van der Waals surface area contributed by atoms with Crippen LogP contribution in [-0.4, -0.2) is 22.1 Å². The van der Waals surface area contributed by atoms with Crippen LogP contribution in [0.25, 0.3) is 6.08 Å². The van der Waals surface area contributed by atoms with Gasteiger partial charge in [0.2, 0.25) is 9.84 Å². The summed E-state index contributed by atoms with van der Waals surface area (Å²) in [5.41, 5.74) is 1.35. The standard InChI is InChI=1S/C19H18ClNO4S/c1-4-25-18-11-14(10-17(20)19(18)24-3)9-16(12-21)26(22,23)15-7-5-13(2)6-8-15/h5-11H,4H2,1-3H3/b16-9+. The highest BCUT2D eigenvalue weighted by atomic mass is 35.5. The van der Waals surface area contributed by atoms with Crippen LogP contribution in [0.4, 0.5) is 0 Å². The highest BCUT2D eigenvalue weighted by Gasteiger charge is 2.21. The van der Waals surface area contributed by atoms with Crippen LogP contribution in [0.2, 0.25) is 5.02 Å². The van der Waals surface area contributed by atoms with Gasteiger partial charge in [0.05, 0.1) is 23.6 Å². The monoisotopic (exact) mass is 391 g/mol. The zero-order chi connectivity index (χ0) is 19.3. The molecule has 0 saturated heterocycles. The fourth-order valence-corrected chi connectivity index (χ4v) is 3.75. The Morgan fingerprint density at radius 3 is 2.46 bits per heavy atom. The lowest BCUT2D eigenvalue weighted by Crippen LogP contribution is -2.03. The molecule has 0 N–H and O–H groups in total. The molecular formula is C19H18ClNO4S. The van der Waals surface area contributed by atoms with E-state index < -0.39 is 9.84 Å². The van der Waals surface area contributed by atoms with Crippen molar-refractivity contribution in [2.45, 2.75) is 18.7 Å². The summed E-state index contributed by atoms with van der Waals surface area (Å²) in [5.74, 6) is 0.726. The molecule has 2 aromatic carbocycles. The summed E-state index contributed by atoms with van der Waals surface area (Å²) in [6, 6.07) is 11.2. The first-order valence-electron chi connectivity index (χ1n) is 7.77. The second kappa shape index (κ2) is 8.26. The number of nitrogens with zero attached hydrogens (tertiary/aromatic N) is 1. The maximum atomic E-state index is 12.7. The van der Waals surface area contributed by atoms with Crippen molar-refractivity contribution in [3.8, 4) is 17.6 Å². The molecule has 136 valence electrons. The summed E-state index contributed by atoms with van der Waals surface area (Å²) < 4.78 is 36.1. The largest absolute Gasteiger partial charge is 0.491 e. The van der Waals surface area contributed by atoms with Gasteiger partial charge in [-0.2, -0.15) is 5.26 Å². The van der Waals surface area contributed by atoms with Crippen LogP contribution in [0.15, 0.2) is 46.2 Å². The number of rotatable bonds is 6. The van der Waals surface area contributed by atoms with Gasteiger partial charge in [-0.3, -0.25) is 0 Å². The molecule has 0 aliphatic heterocycles. The molecule has 7 heteroatoms. The Kier molecular flexibility index (Phi) is 6.30. The number of allylic oxidation sites excluding steroid dienone is 1. The Bertz CT molecular complexity index is 974. The molecular weight excluding hydrogens is 374 g/mol. The van der Waals surface area contributed by atoms with Crippen molar-refractivity contribution in [1.29, 1.82) is 5.26 Å². The molecule has 5 nitrogen and oxygen atoms in total. The van der Waals surface area contributed by atoms with Crippen molar-refractivity contribution in [2.75, 3.05) is 13.7 Å². The van der Waals surface area contributed by atoms with Gasteiger partial charge in [0.1, 0.15) is 11.0 Å². The second-order valence-electron chi connectivity index (χ2n) is 5.40. The molecule has 0 atom stereocenters. The highest BCUT2D eigenvalue weighted by Crippen LogP contribution is 2.37. The van der Waals surface area contributed by atoms with E-state index in [1.54, 1.807) is 31.2 Å². The van der Waals surface area contributed by atoms with E-state index >= 15 is 0 Å². The predicted molar refractivity (Wildman–Crippen MR) is 101 cm³/mol. The number of benzene rings is 2. The Hall–Kier alpha value is -2.49. The smallest absolute Gasteiger partial charge is 0.216 e. The topological polar surface area (TPSA) is 76.4 Å². The van der Waals surface area contributed by atoms with Crippen molar-refractivity contribution >= 4 is 27.5 Å². The normalized spacial score (nSPS) is 11.7. The summed E-state index contributed by atoms with van der Waals surface area (Å²) in [6.07, 6.45) is 1.27. The summed E-state index contributed by atoms with van der Waals surface area (Å²) >= 11 is 6.18. The molecule has 0 bridgehead atoms. The number of hydrogen-bond donors (Lipinski definition) is 0. The zero-order valence-corrected chi connectivity index (χ0v) is 16.2. The summed E-state index contributed by atoms with van der Waals surface area (Å²) in [6.45, 7) is 4.04. The molecule has 0 amide bonds. The fourth-order valence-electron chi connectivity index (χ4n) is 2.30. The van der Waals surface area contributed by atoms with E-state index in [0.717, 1.165) is 5.56 Å². The molecule has 0 heterocycles. The third-order valence-electron chi connectivity index (χ3n) is 3.56. The van der Waals surface area contributed by atoms with Crippen LogP contribution in [-0.2, 0) is 9.84 Å². The zero-order valence-electron chi connectivity index (χ0n) is 14.6. The third kappa shape index (κ3) is 4.18. The number of halogens is 1. The molecule has 0 radical (unpaired) electrons. The maximum absolute atomic E-state index is 12.7. The maximum Gasteiger partial charge on any atom is 0.216 e. The fraction of sp³-hybridized carbons (Fsp3) is 0.211. The van der Waals surface area contributed by atoms with Crippen molar-refractivity contribution < 1.29 is 17.9 Å². The molecule has 0 unspecified atom stereocenters. The molecule has 0 fully saturated rings. The SMILES string of the molecule is CCOc1cc(/C=C(\C#N)S(=O)(=O)c2ccc(C)cc2)cc(Cl)c1OC. The van der Waals surface area contributed by atoms with Crippen molar-refractivity contribution in [3.05, 3.63) is 57.5 Å². The van der Waals surface area contributed by atoms with Gasteiger partial charge in [-0.1, -0.05) is 29.3 Å². The van der Waals surface area contributed by atoms with E-state index in [1.165, 1.54) is 31.4 Å². The van der Waals surface area contributed by atoms with Crippen LogP contribution in [0, 0.1) is 18.3 Å². The average molecular weight is 392 g/mol. The molecule has 0 aromatic heterocycles. The Morgan fingerprint density at radius 1 is 1.27 bits per heavy atom. The van der Waals surface area contributed by atoms with E-state index in [4.69, 9.17) is 21.1 Å². The molecule has 0 aliphatic rings. The summed E-state index contributed by atoms with van der Waals surface area (Å²) in [7, 11) is -2.47. The Balaban J connectivity index is 2.55. The molecule has 2 aromatic rings. The summed E-state index contributed by atoms with van der Waals surface area (Å²) in [4.78, 5) is -0.328. The second-order valence-corrected chi connectivity index (χ2v) is 7.73. The van der Waals surface area contributed by atoms with Gasteiger partial charge < -0.3 is 9.47 Å². The van der Waals surface area contributed by atoms with Crippen LogP contribution < -0.4 is 9.47 Å². The lowest BCUT2D eigenvalue weighted by atomic mass is 10.2. The molecule has 2 rings (SSSR count). The lowest BCUT2D eigenvalue weighted by Gasteiger charge is -2.12. The van der Waals surface area contributed by atoms with Crippen molar-refractivity contribution in [3.63, 3.8) is 0 Å². The number of aryl methyl sites for hydroxylation is 1. The lowest BCUT2D eigenvalue weighted by molar-refractivity contribution is 0.311. The first kappa shape index (κ1) is 19.8. The average Bonchev–Trinajstić information content (AvgIpc) is 2.60.